The van der Waals surface area contributed by atoms with Gasteiger partial charge in [-0.15, -0.1) is 0 Å². The number of rotatable bonds is 5. The Morgan fingerprint density at radius 3 is 2.30 bits per heavy atom. The second-order valence-corrected chi connectivity index (χ2v) is 4.86. The van der Waals surface area contributed by atoms with Crippen LogP contribution in [0.2, 0.25) is 0 Å². The molecule has 0 fully saturated rings. The van der Waals surface area contributed by atoms with Crippen LogP contribution in [0.25, 0.3) is 0 Å². The van der Waals surface area contributed by atoms with E-state index in [1.807, 2.05) is 36.4 Å². The van der Waals surface area contributed by atoms with Crippen LogP contribution in [0, 0.1) is 11.3 Å². The molecule has 0 aliphatic rings. The fraction of sp³-hybridized carbons (Fsp3) is 0.235. The monoisotopic (exact) mass is 265 g/mol. The van der Waals surface area contributed by atoms with Crippen molar-refractivity contribution in [3.05, 3.63) is 65.2 Å². The number of anilines is 1. The number of nitrogens with zero attached hydrogens (tertiary/aromatic N) is 2. The minimum atomic E-state index is 0.711. The van der Waals surface area contributed by atoms with Crippen LogP contribution in [0.5, 0.6) is 0 Å². The maximum absolute atomic E-state index is 8.94. The molecular weight excluding hydrogens is 246 g/mol. The summed E-state index contributed by atoms with van der Waals surface area (Å²) in [4.78, 5) is 2.32. The van der Waals surface area contributed by atoms with E-state index in [2.05, 4.69) is 30.0 Å². The summed E-state index contributed by atoms with van der Waals surface area (Å²) in [7, 11) is 0. The molecule has 0 aliphatic heterocycles. The van der Waals surface area contributed by atoms with Gasteiger partial charge in [0.05, 0.1) is 11.6 Å². The Kier molecular flexibility index (Phi) is 4.75. The van der Waals surface area contributed by atoms with E-state index in [4.69, 9.17) is 11.0 Å². The van der Waals surface area contributed by atoms with E-state index in [9.17, 15) is 0 Å². The molecule has 0 unspecified atom stereocenters. The van der Waals surface area contributed by atoms with Crippen molar-refractivity contribution in [3.8, 4) is 6.07 Å². The molecule has 2 rings (SSSR count). The lowest BCUT2D eigenvalue weighted by Crippen LogP contribution is -2.22. The van der Waals surface area contributed by atoms with Crippen molar-refractivity contribution in [1.82, 2.24) is 4.90 Å². The first-order chi connectivity index (χ1) is 9.71. The molecule has 2 aromatic carbocycles. The largest absolute Gasteiger partial charge is 0.399 e. The third kappa shape index (κ3) is 3.84. The molecular formula is C17H19N3. The lowest BCUT2D eigenvalue weighted by Gasteiger charge is -2.21. The van der Waals surface area contributed by atoms with Crippen molar-refractivity contribution in [2.24, 2.45) is 0 Å². The summed E-state index contributed by atoms with van der Waals surface area (Å²) in [5.41, 5.74) is 9.69. The lowest BCUT2D eigenvalue weighted by molar-refractivity contribution is 0.271. The summed E-state index contributed by atoms with van der Waals surface area (Å²) in [5, 5.41) is 8.94. The topological polar surface area (TPSA) is 53.0 Å². The van der Waals surface area contributed by atoms with Crippen LogP contribution in [0.4, 0.5) is 5.69 Å². The number of nitrogen functional groups attached to an aromatic ring is 1. The van der Waals surface area contributed by atoms with Gasteiger partial charge in [0, 0.05) is 18.8 Å². The van der Waals surface area contributed by atoms with Crippen molar-refractivity contribution < 1.29 is 0 Å². The fourth-order valence-corrected chi connectivity index (χ4v) is 2.23. The van der Waals surface area contributed by atoms with E-state index < -0.39 is 0 Å². The van der Waals surface area contributed by atoms with E-state index in [0.29, 0.717) is 5.56 Å². The highest BCUT2D eigenvalue weighted by molar-refractivity contribution is 5.40. The third-order valence-corrected chi connectivity index (χ3v) is 3.27. The van der Waals surface area contributed by atoms with E-state index in [1.54, 1.807) is 0 Å². The number of hydrogen-bond acceptors (Lipinski definition) is 3. The first kappa shape index (κ1) is 14.1. The van der Waals surface area contributed by atoms with Crippen molar-refractivity contribution in [2.75, 3.05) is 12.3 Å². The van der Waals surface area contributed by atoms with E-state index >= 15 is 0 Å². The van der Waals surface area contributed by atoms with Gasteiger partial charge in [0.1, 0.15) is 0 Å². The molecule has 3 nitrogen and oxygen atoms in total. The molecule has 3 heteroatoms. The lowest BCUT2D eigenvalue weighted by atomic mass is 10.1. The Labute approximate surface area is 120 Å². The Hall–Kier alpha value is -2.31. The zero-order valence-electron chi connectivity index (χ0n) is 11.7. The molecule has 2 N–H and O–H groups in total. The highest BCUT2D eigenvalue weighted by Crippen LogP contribution is 2.13. The van der Waals surface area contributed by atoms with Crippen LogP contribution in [-0.4, -0.2) is 11.4 Å². The first-order valence-corrected chi connectivity index (χ1v) is 6.77. The summed E-state index contributed by atoms with van der Waals surface area (Å²) in [5.74, 6) is 0. The van der Waals surface area contributed by atoms with Crippen molar-refractivity contribution >= 4 is 5.69 Å². The van der Waals surface area contributed by atoms with Crippen LogP contribution < -0.4 is 5.73 Å². The molecule has 2 aromatic rings. The van der Waals surface area contributed by atoms with Gasteiger partial charge < -0.3 is 5.73 Å². The van der Waals surface area contributed by atoms with Gasteiger partial charge >= 0.3 is 0 Å². The van der Waals surface area contributed by atoms with Gasteiger partial charge in [-0.2, -0.15) is 5.26 Å². The van der Waals surface area contributed by atoms with Crippen molar-refractivity contribution in [2.45, 2.75) is 20.0 Å². The number of benzene rings is 2. The summed E-state index contributed by atoms with van der Waals surface area (Å²) < 4.78 is 0. The van der Waals surface area contributed by atoms with Gasteiger partial charge in [-0.05, 0) is 41.9 Å². The van der Waals surface area contributed by atoms with E-state index in [-0.39, 0.29) is 0 Å². The SMILES string of the molecule is CCN(Cc1cccc(N)c1)Cc1cccc(C#N)c1. The fourth-order valence-electron chi connectivity index (χ4n) is 2.23. The summed E-state index contributed by atoms with van der Waals surface area (Å²) in [6.07, 6.45) is 0. The zero-order valence-corrected chi connectivity index (χ0v) is 11.7. The minimum absolute atomic E-state index is 0.711. The first-order valence-electron chi connectivity index (χ1n) is 6.77. The summed E-state index contributed by atoms with van der Waals surface area (Å²) >= 11 is 0. The molecule has 0 aromatic heterocycles. The predicted molar refractivity (Wildman–Crippen MR) is 81.8 cm³/mol. The van der Waals surface area contributed by atoms with Gasteiger partial charge in [0.25, 0.3) is 0 Å². The molecule has 0 saturated heterocycles. The molecule has 0 heterocycles. The smallest absolute Gasteiger partial charge is 0.0991 e. The molecule has 20 heavy (non-hydrogen) atoms. The van der Waals surface area contributed by atoms with Crippen LogP contribution >= 0.6 is 0 Å². The normalized spacial score (nSPS) is 10.4. The van der Waals surface area contributed by atoms with Crippen molar-refractivity contribution in [1.29, 1.82) is 5.26 Å². The van der Waals surface area contributed by atoms with Gasteiger partial charge in [0.2, 0.25) is 0 Å². The molecule has 0 saturated carbocycles. The second-order valence-electron chi connectivity index (χ2n) is 4.86. The van der Waals surface area contributed by atoms with Gasteiger partial charge in [-0.25, -0.2) is 0 Å². The Morgan fingerprint density at radius 1 is 1.05 bits per heavy atom. The Bertz CT molecular complexity index is 614. The maximum atomic E-state index is 8.94. The van der Waals surface area contributed by atoms with Crippen LogP contribution in [0.15, 0.2) is 48.5 Å². The average molecular weight is 265 g/mol. The summed E-state index contributed by atoms with van der Waals surface area (Å²) in [6, 6.07) is 17.9. The quantitative estimate of drug-likeness (QED) is 0.845. The zero-order chi connectivity index (χ0) is 14.4. The van der Waals surface area contributed by atoms with E-state index in [0.717, 1.165) is 30.9 Å². The molecule has 0 bridgehead atoms. The van der Waals surface area contributed by atoms with Crippen LogP contribution in [0.1, 0.15) is 23.6 Å². The highest BCUT2D eigenvalue weighted by atomic mass is 15.1. The molecule has 102 valence electrons. The van der Waals surface area contributed by atoms with Gasteiger partial charge in [-0.1, -0.05) is 31.2 Å². The van der Waals surface area contributed by atoms with Crippen LogP contribution in [0.3, 0.4) is 0 Å². The van der Waals surface area contributed by atoms with Crippen molar-refractivity contribution in [3.63, 3.8) is 0 Å². The van der Waals surface area contributed by atoms with Crippen LogP contribution in [-0.2, 0) is 13.1 Å². The molecule has 0 amide bonds. The van der Waals surface area contributed by atoms with Gasteiger partial charge in [0.15, 0.2) is 0 Å². The Morgan fingerprint density at radius 2 is 1.70 bits per heavy atom. The predicted octanol–water partition coefficient (Wildman–Crippen LogP) is 3.16. The molecule has 0 radical (unpaired) electrons. The Balaban J connectivity index is 2.07. The minimum Gasteiger partial charge on any atom is -0.399 e. The summed E-state index contributed by atoms with van der Waals surface area (Å²) in [6.45, 7) is 4.78. The van der Waals surface area contributed by atoms with E-state index in [1.165, 1.54) is 5.56 Å². The van der Waals surface area contributed by atoms with Gasteiger partial charge in [-0.3, -0.25) is 4.90 Å². The molecule has 0 spiro atoms. The number of hydrogen-bond donors (Lipinski definition) is 1. The molecule has 0 aliphatic carbocycles. The maximum Gasteiger partial charge on any atom is 0.0991 e. The number of nitriles is 1. The molecule has 0 atom stereocenters. The highest BCUT2D eigenvalue weighted by Gasteiger charge is 2.06. The second kappa shape index (κ2) is 6.74. The number of nitrogens with two attached hydrogens (primary N) is 1. The standard InChI is InChI=1S/C17H19N3/c1-2-20(13-16-7-4-8-17(19)10-16)12-15-6-3-5-14(9-15)11-18/h3-10H,2,12-13,19H2,1H3. The third-order valence-electron chi connectivity index (χ3n) is 3.27. The average Bonchev–Trinajstić information content (AvgIpc) is 2.47.